The smallest absolute Gasteiger partial charge is 0.273 e. The zero-order chi connectivity index (χ0) is 16.6. The third-order valence-corrected chi connectivity index (χ3v) is 3.74. The van der Waals surface area contributed by atoms with Gasteiger partial charge in [-0.05, 0) is 30.3 Å². The quantitative estimate of drug-likeness (QED) is 0.641. The zero-order valence-corrected chi connectivity index (χ0v) is 13.0. The Morgan fingerprint density at radius 3 is 2.30 bits per heavy atom. The Balaban J connectivity index is 2.13. The van der Waals surface area contributed by atoms with Gasteiger partial charge in [-0.25, -0.2) is 0 Å². The van der Waals surface area contributed by atoms with Gasteiger partial charge in [-0.15, -0.1) is 0 Å². The van der Waals surface area contributed by atoms with E-state index in [1.54, 1.807) is 36.4 Å². The molecule has 0 bridgehead atoms. The number of carbonyl (C=O) groups excluding carboxylic acids is 1. The number of Topliss-reactive ketones (excluding diaryl/α,β-unsaturated/α-hetero) is 1. The van der Waals surface area contributed by atoms with Crippen molar-refractivity contribution in [1.29, 1.82) is 0 Å². The molecule has 0 spiro atoms. The lowest BCUT2D eigenvalue weighted by molar-refractivity contribution is -0.355. The van der Waals surface area contributed by atoms with E-state index >= 15 is 0 Å². The Bertz CT molecular complexity index is 826. The molecule has 1 aliphatic rings. The molecule has 3 rings (SSSR count). The van der Waals surface area contributed by atoms with Crippen LogP contribution in [0.4, 0.5) is 5.69 Å². The van der Waals surface area contributed by atoms with Gasteiger partial charge in [0.1, 0.15) is 11.3 Å². The van der Waals surface area contributed by atoms with Crippen LogP contribution in [-0.4, -0.2) is 37.6 Å². The molecule has 6 nitrogen and oxygen atoms in total. The van der Waals surface area contributed by atoms with Crippen molar-refractivity contribution in [2.24, 2.45) is 0 Å². The van der Waals surface area contributed by atoms with E-state index in [1.807, 2.05) is 0 Å². The number of nitrogens with zero attached hydrogens (tertiary/aromatic N) is 1. The average molecular weight is 313 g/mol. The first-order valence-corrected chi connectivity index (χ1v) is 6.90. The number of carbonyl (C=O) groups is 1. The topological polar surface area (TPSA) is 70.8 Å². The maximum absolute atomic E-state index is 12.6. The molecule has 0 radical (unpaired) electrons. The highest BCUT2D eigenvalue weighted by molar-refractivity contribution is 6.52. The summed E-state index contributed by atoms with van der Waals surface area (Å²) in [5.41, 5.74) is 1.15. The number of ether oxygens (including phenoxy) is 3. The molecule has 2 aromatic rings. The molecule has 0 saturated carbocycles. The summed E-state index contributed by atoms with van der Waals surface area (Å²) in [6, 6.07) is 9.72. The second-order valence-corrected chi connectivity index (χ2v) is 4.92. The lowest BCUT2D eigenvalue weighted by Crippen LogP contribution is -2.16. The summed E-state index contributed by atoms with van der Waals surface area (Å²) in [7, 11) is 4.53. The first-order valence-electron chi connectivity index (χ1n) is 6.90. The number of benzene rings is 2. The van der Waals surface area contributed by atoms with Gasteiger partial charge in [0.15, 0.2) is 11.5 Å². The Morgan fingerprint density at radius 1 is 0.913 bits per heavy atom. The molecule has 0 atom stereocenters. The minimum absolute atomic E-state index is 0.0502. The Morgan fingerprint density at radius 2 is 1.65 bits per heavy atom. The number of hydrogen-bond donors (Lipinski definition) is 0. The Kier molecular flexibility index (Phi) is 3.65. The van der Waals surface area contributed by atoms with Crippen LogP contribution in [0.15, 0.2) is 36.4 Å². The molecule has 118 valence electrons. The molecule has 0 aliphatic carbocycles. The molecule has 23 heavy (non-hydrogen) atoms. The fourth-order valence-corrected chi connectivity index (χ4v) is 2.57. The van der Waals surface area contributed by atoms with Crippen LogP contribution < -0.4 is 14.2 Å². The highest BCUT2D eigenvalue weighted by atomic mass is 16.5. The molecular weight excluding hydrogens is 298 g/mol. The normalized spacial score (nSPS) is 13.1. The van der Waals surface area contributed by atoms with Crippen molar-refractivity contribution in [2.75, 3.05) is 21.3 Å². The van der Waals surface area contributed by atoms with E-state index in [0.29, 0.717) is 33.1 Å². The molecule has 2 aromatic carbocycles. The molecule has 1 heterocycles. The fraction of sp³-hybridized carbons (Fsp3) is 0.176. The molecule has 0 N–H and O–H groups in total. The van der Waals surface area contributed by atoms with Crippen LogP contribution in [0, 0.1) is 5.21 Å². The summed E-state index contributed by atoms with van der Waals surface area (Å²) in [5.74, 6) is 1.17. The van der Waals surface area contributed by atoms with E-state index in [1.165, 1.54) is 21.3 Å². The molecule has 6 heteroatoms. The lowest BCUT2D eigenvalue weighted by Gasteiger charge is -2.08. The van der Waals surface area contributed by atoms with E-state index in [2.05, 4.69) is 0 Å². The van der Waals surface area contributed by atoms with Crippen molar-refractivity contribution in [2.45, 2.75) is 0 Å². The summed E-state index contributed by atoms with van der Waals surface area (Å²) in [6.07, 6.45) is 0. The zero-order valence-electron chi connectivity index (χ0n) is 13.0. The van der Waals surface area contributed by atoms with E-state index in [9.17, 15) is 10.0 Å². The number of fused-ring (bicyclic) bond motifs is 1. The first kappa shape index (κ1) is 14.9. The van der Waals surface area contributed by atoms with Gasteiger partial charge >= 0.3 is 0 Å². The first-order chi connectivity index (χ1) is 11.1. The molecule has 0 saturated heterocycles. The predicted octanol–water partition coefficient (Wildman–Crippen LogP) is 2.54. The third-order valence-electron chi connectivity index (χ3n) is 3.74. The van der Waals surface area contributed by atoms with Crippen molar-refractivity contribution in [1.82, 2.24) is 0 Å². The van der Waals surface area contributed by atoms with Crippen LogP contribution in [0.3, 0.4) is 0 Å². The third kappa shape index (κ3) is 2.28. The van der Waals surface area contributed by atoms with Gasteiger partial charge < -0.3 is 19.4 Å². The predicted molar refractivity (Wildman–Crippen MR) is 84.3 cm³/mol. The van der Waals surface area contributed by atoms with Crippen molar-refractivity contribution in [3.05, 3.63) is 52.7 Å². The monoisotopic (exact) mass is 313 g/mol. The summed E-state index contributed by atoms with van der Waals surface area (Å²) < 4.78 is 16.1. The van der Waals surface area contributed by atoms with Crippen LogP contribution in [0.25, 0.3) is 0 Å². The highest BCUT2D eigenvalue weighted by Crippen LogP contribution is 2.34. The second kappa shape index (κ2) is 5.64. The molecule has 1 aliphatic heterocycles. The van der Waals surface area contributed by atoms with Gasteiger partial charge in [-0.1, -0.05) is 0 Å². The summed E-state index contributed by atoms with van der Waals surface area (Å²) in [5, 5.41) is 12.6. The van der Waals surface area contributed by atoms with Crippen LogP contribution in [0.2, 0.25) is 0 Å². The van der Waals surface area contributed by atoms with E-state index in [-0.39, 0.29) is 17.2 Å². The van der Waals surface area contributed by atoms with E-state index < -0.39 is 0 Å². The van der Waals surface area contributed by atoms with Gasteiger partial charge in [0.2, 0.25) is 5.69 Å². The van der Waals surface area contributed by atoms with Crippen LogP contribution in [0.1, 0.15) is 15.9 Å². The Hall–Kier alpha value is -3.02. The van der Waals surface area contributed by atoms with Gasteiger partial charge in [-0.3, -0.25) is 4.79 Å². The van der Waals surface area contributed by atoms with Crippen LogP contribution in [0.5, 0.6) is 17.2 Å². The maximum atomic E-state index is 12.6. The van der Waals surface area contributed by atoms with Crippen LogP contribution >= 0.6 is 0 Å². The molecule has 0 aromatic heterocycles. The standard InChI is InChI=1S/C17H15NO5/c1-21-11-5-6-12-13(9-11)18(20)16(17(12)19)10-4-7-14(22-2)15(8-10)23-3/h4-9H,1-3H3. The van der Waals surface area contributed by atoms with Crippen molar-refractivity contribution < 1.29 is 23.7 Å². The summed E-state index contributed by atoms with van der Waals surface area (Å²) in [4.78, 5) is 12.6. The average Bonchev–Trinajstić information content (AvgIpc) is 2.84. The van der Waals surface area contributed by atoms with E-state index in [4.69, 9.17) is 14.2 Å². The molecule has 0 fully saturated rings. The minimum Gasteiger partial charge on any atom is -0.618 e. The summed E-state index contributed by atoms with van der Waals surface area (Å²) >= 11 is 0. The fourth-order valence-electron chi connectivity index (χ4n) is 2.57. The maximum Gasteiger partial charge on any atom is 0.273 e. The van der Waals surface area contributed by atoms with Gasteiger partial charge in [0, 0.05) is 0 Å². The van der Waals surface area contributed by atoms with Gasteiger partial charge in [0.05, 0.1) is 33.0 Å². The van der Waals surface area contributed by atoms with Gasteiger partial charge in [-0.2, -0.15) is 4.74 Å². The summed E-state index contributed by atoms with van der Waals surface area (Å²) in [6.45, 7) is 0. The van der Waals surface area contributed by atoms with Crippen molar-refractivity contribution in [3.8, 4) is 17.2 Å². The lowest BCUT2D eigenvalue weighted by atomic mass is 10.0. The second-order valence-electron chi connectivity index (χ2n) is 4.92. The molecule has 0 unspecified atom stereocenters. The Labute approximate surface area is 133 Å². The number of methoxy groups -OCH3 is 3. The van der Waals surface area contributed by atoms with E-state index in [0.717, 1.165) is 0 Å². The number of rotatable bonds is 4. The van der Waals surface area contributed by atoms with Crippen molar-refractivity contribution >= 4 is 17.2 Å². The molecule has 0 amide bonds. The largest absolute Gasteiger partial charge is 0.618 e. The number of hydrogen-bond acceptors (Lipinski definition) is 5. The van der Waals surface area contributed by atoms with Crippen LogP contribution in [-0.2, 0) is 0 Å². The molecular formula is C17H15NO5. The minimum atomic E-state index is -0.329. The number of ketones is 1. The highest BCUT2D eigenvalue weighted by Gasteiger charge is 2.37. The van der Waals surface area contributed by atoms with Crippen molar-refractivity contribution in [3.63, 3.8) is 0 Å². The van der Waals surface area contributed by atoms with Gasteiger partial charge in [0.25, 0.3) is 11.5 Å². The SMILES string of the molecule is COc1ccc2c(c1)[N+]([O-])=C(c1ccc(OC)c(OC)c1)C2=O.